The van der Waals surface area contributed by atoms with Crippen molar-refractivity contribution < 1.29 is 13.2 Å². The minimum atomic E-state index is -3.26. The average molecular weight is 335 g/mol. The summed E-state index contributed by atoms with van der Waals surface area (Å²) in [4.78, 5) is 0. The summed E-state index contributed by atoms with van der Waals surface area (Å²) < 4.78 is 32.0. The minimum absolute atomic E-state index is 0. The van der Waals surface area contributed by atoms with Crippen LogP contribution < -0.4 is 10.5 Å². The van der Waals surface area contributed by atoms with Gasteiger partial charge < -0.3 is 10.5 Å². The van der Waals surface area contributed by atoms with Gasteiger partial charge in [0, 0.05) is 18.8 Å². The number of ether oxygens (including phenoxy) is 1. The number of halogens is 1. The summed E-state index contributed by atoms with van der Waals surface area (Å²) in [6.45, 7) is 1.07. The van der Waals surface area contributed by atoms with Crippen molar-refractivity contribution in [1.29, 1.82) is 0 Å². The lowest BCUT2D eigenvalue weighted by atomic mass is 10.1. The molecule has 0 radical (unpaired) electrons. The molecule has 1 atom stereocenters. The normalized spacial score (nSPS) is 19.0. The first kappa shape index (κ1) is 18.2. The van der Waals surface area contributed by atoms with E-state index in [0.717, 1.165) is 24.8 Å². The van der Waals surface area contributed by atoms with E-state index < -0.39 is 10.0 Å². The third-order valence-corrected chi connectivity index (χ3v) is 4.85. The van der Waals surface area contributed by atoms with Gasteiger partial charge in [0.05, 0.1) is 11.9 Å². The van der Waals surface area contributed by atoms with E-state index >= 15 is 0 Å². The van der Waals surface area contributed by atoms with Crippen LogP contribution in [0.3, 0.4) is 0 Å². The Morgan fingerprint density at radius 2 is 1.95 bits per heavy atom. The smallest absolute Gasteiger partial charge is 0.214 e. The maximum absolute atomic E-state index is 11.9. The van der Waals surface area contributed by atoms with Gasteiger partial charge in [-0.2, -0.15) is 0 Å². The van der Waals surface area contributed by atoms with Crippen LogP contribution in [0.4, 0.5) is 5.69 Å². The molecular weight excluding hydrogens is 312 g/mol. The van der Waals surface area contributed by atoms with E-state index in [4.69, 9.17) is 10.5 Å². The molecule has 1 aliphatic rings. The summed E-state index contributed by atoms with van der Waals surface area (Å²) in [5.41, 5.74) is 7.38. The third-order valence-electron chi connectivity index (χ3n) is 3.39. The van der Waals surface area contributed by atoms with Crippen LogP contribution in [0.1, 0.15) is 24.8 Å². The van der Waals surface area contributed by atoms with Crippen molar-refractivity contribution in [2.75, 3.05) is 24.6 Å². The summed E-state index contributed by atoms with van der Waals surface area (Å²) in [7, 11) is -3.26. The lowest BCUT2D eigenvalue weighted by molar-refractivity contribution is 0.0304. The predicted molar refractivity (Wildman–Crippen MR) is 87.2 cm³/mol. The molecule has 0 bridgehead atoms. The Morgan fingerprint density at radius 1 is 1.24 bits per heavy atom. The van der Waals surface area contributed by atoms with Crippen LogP contribution >= 0.6 is 12.4 Å². The zero-order valence-electron chi connectivity index (χ0n) is 12.0. The second kappa shape index (κ2) is 8.58. The number of anilines is 1. The van der Waals surface area contributed by atoms with Crippen LogP contribution in [0.5, 0.6) is 0 Å². The van der Waals surface area contributed by atoms with E-state index in [1.807, 2.05) is 24.3 Å². The van der Waals surface area contributed by atoms with Gasteiger partial charge >= 0.3 is 0 Å². The number of hydrogen-bond acceptors (Lipinski definition) is 4. The van der Waals surface area contributed by atoms with Crippen molar-refractivity contribution >= 4 is 28.1 Å². The lowest BCUT2D eigenvalue weighted by Gasteiger charge is -2.22. The second-order valence-corrected chi connectivity index (χ2v) is 7.01. The number of rotatable bonds is 6. The highest BCUT2D eigenvalue weighted by atomic mass is 35.5. The fraction of sp³-hybridized carbons (Fsp3) is 0.571. The zero-order valence-corrected chi connectivity index (χ0v) is 13.6. The molecule has 1 heterocycles. The molecule has 2 rings (SSSR count). The van der Waals surface area contributed by atoms with Crippen LogP contribution in [-0.2, 0) is 21.2 Å². The molecule has 0 spiro atoms. The Labute approximate surface area is 132 Å². The maximum Gasteiger partial charge on any atom is 0.214 e. The zero-order chi connectivity index (χ0) is 14.4. The Morgan fingerprint density at radius 3 is 2.57 bits per heavy atom. The number of nitrogen functional groups attached to an aromatic ring is 1. The van der Waals surface area contributed by atoms with Gasteiger partial charge in [0.1, 0.15) is 0 Å². The lowest BCUT2D eigenvalue weighted by Crippen LogP contribution is -2.35. The van der Waals surface area contributed by atoms with Crippen molar-refractivity contribution in [3.8, 4) is 0 Å². The molecule has 1 unspecified atom stereocenters. The van der Waals surface area contributed by atoms with Gasteiger partial charge in [-0.1, -0.05) is 12.1 Å². The number of sulfonamides is 1. The van der Waals surface area contributed by atoms with Crippen LogP contribution in [0.25, 0.3) is 0 Å². The van der Waals surface area contributed by atoms with E-state index in [0.29, 0.717) is 25.3 Å². The predicted octanol–water partition coefficient (Wildman–Crippen LogP) is 1.72. The molecule has 0 aliphatic carbocycles. The Hall–Kier alpha value is -0.820. The van der Waals surface area contributed by atoms with Crippen LogP contribution in [0.15, 0.2) is 24.3 Å². The minimum Gasteiger partial charge on any atom is -0.399 e. The largest absolute Gasteiger partial charge is 0.399 e. The highest BCUT2D eigenvalue weighted by molar-refractivity contribution is 7.89. The van der Waals surface area contributed by atoms with Crippen LogP contribution in [0, 0.1) is 0 Å². The number of hydrogen-bond donors (Lipinski definition) is 2. The molecule has 7 heteroatoms. The highest BCUT2D eigenvalue weighted by Crippen LogP contribution is 2.14. The monoisotopic (exact) mass is 334 g/mol. The van der Waals surface area contributed by atoms with Gasteiger partial charge in [-0.05, 0) is 43.4 Å². The van der Waals surface area contributed by atoms with E-state index in [1.54, 1.807) is 0 Å². The van der Waals surface area contributed by atoms with E-state index in [-0.39, 0.29) is 24.3 Å². The topological polar surface area (TPSA) is 81.4 Å². The average Bonchev–Trinajstić information content (AvgIpc) is 2.41. The summed E-state index contributed by atoms with van der Waals surface area (Å²) in [5, 5.41) is 0. The van der Waals surface area contributed by atoms with Crippen molar-refractivity contribution in [1.82, 2.24) is 4.72 Å². The maximum atomic E-state index is 11.9. The Bertz CT molecular complexity index is 514. The second-order valence-electron chi connectivity index (χ2n) is 5.16. The summed E-state index contributed by atoms with van der Waals surface area (Å²) in [6.07, 6.45) is 3.41. The molecule has 1 saturated heterocycles. The third kappa shape index (κ3) is 6.65. The van der Waals surface area contributed by atoms with Gasteiger partial charge in [0.25, 0.3) is 0 Å². The van der Waals surface area contributed by atoms with Crippen LogP contribution in [0.2, 0.25) is 0 Å². The fourth-order valence-corrected chi connectivity index (χ4v) is 3.56. The fourth-order valence-electron chi connectivity index (χ4n) is 2.28. The molecule has 1 aromatic carbocycles. The summed E-state index contributed by atoms with van der Waals surface area (Å²) in [6, 6.07) is 7.46. The first-order chi connectivity index (χ1) is 9.55. The standard InChI is InChI=1S/C14H22N2O3S.ClH/c15-13-6-4-12(5-7-13)8-9-16-20(17,18)11-14-3-1-2-10-19-14;/h4-7,14,16H,1-3,8-11,15H2;1H. The number of nitrogens with two attached hydrogens (primary N) is 1. The summed E-state index contributed by atoms with van der Waals surface area (Å²) >= 11 is 0. The van der Waals surface area contributed by atoms with Crippen molar-refractivity contribution in [2.24, 2.45) is 0 Å². The molecule has 120 valence electrons. The van der Waals surface area contributed by atoms with Gasteiger partial charge in [-0.25, -0.2) is 13.1 Å². The first-order valence-corrected chi connectivity index (χ1v) is 8.64. The van der Waals surface area contributed by atoms with E-state index in [2.05, 4.69) is 4.72 Å². The van der Waals surface area contributed by atoms with E-state index in [9.17, 15) is 8.42 Å². The van der Waals surface area contributed by atoms with Gasteiger partial charge in [-0.3, -0.25) is 0 Å². The van der Waals surface area contributed by atoms with Crippen molar-refractivity contribution in [2.45, 2.75) is 31.8 Å². The highest BCUT2D eigenvalue weighted by Gasteiger charge is 2.21. The molecule has 1 fully saturated rings. The quantitative estimate of drug-likeness (QED) is 0.776. The molecule has 0 amide bonds. The van der Waals surface area contributed by atoms with Gasteiger partial charge in [-0.15, -0.1) is 12.4 Å². The first-order valence-electron chi connectivity index (χ1n) is 6.98. The number of benzene rings is 1. The van der Waals surface area contributed by atoms with Gasteiger partial charge in [0.2, 0.25) is 10.0 Å². The SMILES string of the molecule is Cl.Nc1ccc(CCNS(=O)(=O)CC2CCCCO2)cc1. The molecule has 1 aromatic rings. The van der Waals surface area contributed by atoms with Crippen molar-refractivity contribution in [3.05, 3.63) is 29.8 Å². The van der Waals surface area contributed by atoms with Crippen molar-refractivity contribution in [3.63, 3.8) is 0 Å². The Kier molecular flexibility index (Phi) is 7.45. The molecule has 5 nitrogen and oxygen atoms in total. The van der Waals surface area contributed by atoms with Crippen LogP contribution in [-0.4, -0.2) is 33.4 Å². The van der Waals surface area contributed by atoms with Gasteiger partial charge in [0.15, 0.2) is 0 Å². The van der Waals surface area contributed by atoms with E-state index in [1.165, 1.54) is 0 Å². The molecule has 1 aliphatic heterocycles. The molecule has 21 heavy (non-hydrogen) atoms. The Balaban J connectivity index is 0.00000220. The number of nitrogens with one attached hydrogen (secondary N) is 1. The summed E-state index contributed by atoms with van der Waals surface area (Å²) in [5.74, 6) is 0.0642. The molecule has 0 aromatic heterocycles. The molecule has 3 N–H and O–H groups in total. The molecule has 0 saturated carbocycles. The molecular formula is C14H23ClN2O3S.